The smallest absolute Gasteiger partial charge is 0.304 e. The fraction of sp³-hybridized carbons (Fsp3) is 0.571. The Morgan fingerprint density at radius 3 is 3.09 bits per heavy atom. The highest BCUT2D eigenvalue weighted by molar-refractivity contribution is 5.68. The molecule has 2 fully saturated rings. The first-order valence-corrected chi connectivity index (χ1v) is 13.1. The van der Waals surface area contributed by atoms with Gasteiger partial charge in [0, 0.05) is 37.7 Å². The normalized spacial score (nSPS) is 23.0. The predicted molar refractivity (Wildman–Crippen MR) is 135 cm³/mol. The summed E-state index contributed by atoms with van der Waals surface area (Å²) >= 11 is 0. The Morgan fingerprint density at radius 1 is 1.29 bits per heavy atom. The number of likely N-dealkylation sites (tertiary alicyclic amines) is 1. The van der Waals surface area contributed by atoms with Crippen molar-refractivity contribution in [3.63, 3.8) is 0 Å². The summed E-state index contributed by atoms with van der Waals surface area (Å²) in [6.07, 6.45) is 6.69. The third-order valence-corrected chi connectivity index (χ3v) is 7.55. The van der Waals surface area contributed by atoms with E-state index >= 15 is 0 Å². The van der Waals surface area contributed by atoms with E-state index in [1.54, 1.807) is 0 Å². The van der Waals surface area contributed by atoms with E-state index in [0.717, 1.165) is 82.0 Å². The van der Waals surface area contributed by atoms with Gasteiger partial charge in [-0.1, -0.05) is 18.2 Å². The number of pyridine rings is 1. The molecular weight excluding hydrogens is 442 g/mol. The van der Waals surface area contributed by atoms with Crippen molar-refractivity contribution in [2.45, 2.75) is 57.0 Å². The monoisotopic (exact) mass is 479 g/mol. The van der Waals surface area contributed by atoms with Crippen LogP contribution >= 0.6 is 0 Å². The number of fused-ring (bicyclic) bond motifs is 1. The van der Waals surface area contributed by atoms with Crippen LogP contribution in [-0.4, -0.2) is 66.5 Å². The second-order valence-electron chi connectivity index (χ2n) is 10.3. The van der Waals surface area contributed by atoms with E-state index in [4.69, 9.17) is 14.5 Å². The van der Waals surface area contributed by atoms with Crippen LogP contribution < -0.4 is 10.1 Å². The van der Waals surface area contributed by atoms with Crippen LogP contribution in [0.25, 0.3) is 0 Å². The summed E-state index contributed by atoms with van der Waals surface area (Å²) in [5.74, 6) is 1.70. The summed E-state index contributed by atoms with van der Waals surface area (Å²) in [5.41, 5.74) is 3.55. The number of rotatable bonds is 10. The molecule has 2 saturated heterocycles. The molecule has 1 aromatic heterocycles. The van der Waals surface area contributed by atoms with Gasteiger partial charge in [-0.25, -0.2) is 4.98 Å². The van der Waals surface area contributed by atoms with Crippen molar-refractivity contribution in [1.82, 2.24) is 9.88 Å². The molecule has 188 valence electrons. The summed E-state index contributed by atoms with van der Waals surface area (Å²) in [6, 6.07) is 12.4. The van der Waals surface area contributed by atoms with Crippen LogP contribution in [0.4, 0.5) is 5.82 Å². The summed E-state index contributed by atoms with van der Waals surface area (Å²) in [6.45, 7) is 5.18. The second kappa shape index (κ2) is 11.4. The fourth-order valence-corrected chi connectivity index (χ4v) is 5.62. The van der Waals surface area contributed by atoms with E-state index in [1.807, 2.05) is 24.3 Å². The number of hydrogen-bond acceptors (Lipinski definition) is 6. The van der Waals surface area contributed by atoms with Gasteiger partial charge in [0.05, 0.1) is 19.6 Å². The van der Waals surface area contributed by atoms with E-state index in [2.05, 4.69) is 22.3 Å². The lowest BCUT2D eigenvalue weighted by Crippen LogP contribution is -2.28. The molecule has 7 heteroatoms. The Kier molecular flexibility index (Phi) is 7.84. The lowest BCUT2D eigenvalue weighted by molar-refractivity contribution is -0.137. The number of hydrogen-bond donors (Lipinski definition) is 2. The van der Waals surface area contributed by atoms with Crippen LogP contribution in [0.2, 0.25) is 0 Å². The summed E-state index contributed by atoms with van der Waals surface area (Å²) in [4.78, 5) is 19.0. The first kappa shape index (κ1) is 24.1. The van der Waals surface area contributed by atoms with Gasteiger partial charge in [-0.15, -0.1) is 0 Å². The van der Waals surface area contributed by atoms with Crippen molar-refractivity contribution in [2.75, 3.05) is 44.7 Å². The van der Waals surface area contributed by atoms with E-state index in [-0.39, 0.29) is 18.4 Å². The number of ether oxygens (including phenoxy) is 2. The first-order valence-electron chi connectivity index (χ1n) is 13.1. The largest absolute Gasteiger partial charge is 0.488 e. The molecule has 0 saturated carbocycles. The molecule has 2 N–H and O–H groups in total. The molecule has 1 aromatic carbocycles. The van der Waals surface area contributed by atoms with Crippen molar-refractivity contribution in [3.8, 4) is 5.75 Å². The number of carboxylic acids is 1. The molecule has 3 aliphatic heterocycles. The maximum atomic E-state index is 11.7. The highest BCUT2D eigenvalue weighted by Crippen LogP contribution is 2.30. The molecule has 4 heterocycles. The van der Waals surface area contributed by atoms with Gasteiger partial charge in [0.15, 0.2) is 0 Å². The zero-order valence-corrected chi connectivity index (χ0v) is 20.5. The van der Waals surface area contributed by atoms with Crippen LogP contribution in [0.3, 0.4) is 0 Å². The maximum Gasteiger partial charge on any atom is 0.304 e. The molecule has 0 radical (unpaired) electrons. The number of nitrogens with one attached hydrogen (secondary N) is 1. The minimum absolute atomic E-state index is 0.0528. The van der Waals surface area contributed by atoms with Crippen LogP contribution in [0, 0.1) is 5.92 Å². The highest BCUT2D eigenvalue weighted by Gasteiger charge is 2.27. The minimum atomic E-state index is -0.756. The third-order valence-electron chi connectivity index (χ3n) is 7.55. The van der Waals surface area contributed by atoms with Crippen LogP contribution in [-0.2, 0) is 22.4 Å². The predicted octanol–water partition coefficient (Wildman–Crippen LogP) is 4.12. The van der Waals surface area contributed by atoms with Crippen molar-refractivity contribution in [2.24, 2.45) is 5.92 Å². The molecule has 1 unspecified atom stereocenters. The number of aromatic nitrogens is 1. The summed E-state index contributed by atoms with van der Waals surface area (Å²) in [5, 5.41) is 13.0. The van der Waals surface area contributed by atoms with Gasteiger partial charge >= 0.3 is 5.97 Å². The Hall–Kier alpha value is -2.64. The number of carboxylic acid groups (broad SMARTS) is 1. The van der Waals surface area contributed by atoms with E-state index in [1.165, 1.54) is 17.7 Å². The van der Waals surface area contributed by atoms with Gasteiger partial charge in [0.2, 0.25) is 0 Å². The standard InChI is InChI=1S/C28H37N3O4/c32-27(33)16-23(22-3-1-5-25(15-22)35-26-11-14-34-19-26)18-31-13-10-20(17-31)6-8-24-9-7-21-4-2-12-29-28(21)30-24/h1,3,5,7,9,15,20,23,26H,2,4,6,8,10-14,16-19H2,(H,29,30)(H,32,33)/t20-,23?,26-/m1/s1. The summed E-state index contributed by atoms with van der Waals surface area (Å²) in [7, 11) is 0. The molecular formula is C28H37N3O4. The molecule has 3 aliphatic rings. The zero-order chi connectivity index (χ0) is 24.0. The van der Waals surface area contributed by atoms with E-state index in [0.29, 0.717) is 12.5 Å². The van der Waals surface area contributed by atoms with Crippen molar-refractivity contribution >= 4 is 11.8 Å². The van der Waals surface area contributed by atoms with Crippen molar-refractivity contribution in [3.05, 3.63) is 53.2 Å². The fourth-order valence-electron chi connectivity index (χ4n) is 5.62. The van der Waals surface area contributed by atoms with Gasteiger partial charge in [-0.05, 0) is 73.9 Å². The Balaban J connectivity index is 1.16. The maximum absolute atomic E-state index is 11.7. The lowest BCUT2D eigenvalue weighted by atomic mass is 9.94. The number of nitrogens with zero attached hydrogens (tertiary/aromatic N) is 2. The zero-order valence-electron chi connectivity index (χ0n) is 20.5. The minimum Gasteiger partial charge on any atom is -0.488 e. The van der Waals surface area contributed by atoms with Crippen LogP contribution in [0.15, 0.2) is 36.4 Å². The van der Waals surface area contributed by atoms with Gasteiger partial charge in [0.25, 0.3) is 0 Å². The third kappa shape index (κ3) is 6.53. The van der Waals surface area contributed by atoms with Crippen LogP contribution in [0.1, 0.15) is 54.8 Å². The number of aryl methyl sites for hydroxylation is 2. The van der Waals surface area contributed by atoms with Crippen LogP contribution in [0.5, 0.6) is 5.75 Å². The molecule has 0 bridgehead atoms. The topological polar surface area (TPSA) is 83.9 Å². The van der Waals surface area contributed by atoms with Gasteiger partial charge in [-0.2, -0.15) is 0 Å². The molecule has 3 atom stereocenters. The van der Waals surface area contributed by atoms with Crippen molar-refractivity contribution in [1.29, 1.82) is 0 Å². The molecule has 7 nitrogen and oxygen atoms in total. The first-order chi connectivity index (χ1) is 17.1. The average Bonchev–Trinajstić information content (AvgIpc) is 3.54. The quantitative estimate of drug-likeness (QED) is 0.530. The number of benzene rings is 1. The Morgan fingerprint density at radius 2 is 2.23 bits per heavy atom. The SMILES string of the molecule is O=C(O)CC(CN1CC[C@@H](CCc2ccc3c(n2)NCCC3)C1)c1cccc(O[C@@H]2CCOC2)c1. The molecule has 0 aliphatic carbocycles. The number of aliphatic carboxylic acids is 1. The Bertz CT molecular complexity index is 1010. The second-order valence-corrected chi connectivity index (χ2v) is 10.3. The lowest BCUT2D eigenvalue weighted by Gasteiger charge is -2.24. The van der Waals surface area contributed by atoms with E-state index < -0.39 is 5.97 Å². The molecule has 0 amide bonds. The average molecular weight is 480 g/mol. The molecule has 0 spiro atoms. The molecule has 2 aromatic rings. The molecule has 5 rings (SSSR count). The number of anilines is 1. The van der Waals surface area contributed by atoms with Gasteiger partial charge in [0.1, 0.15) is 17.7 Å². The highest BCUT2D eigenvalue weighted by atomic mass is 16.5. The van der Waals surface area contributed by atoms with Gasteiger partial charge < -0.3 is 24.8 Å². The van der Waals surface area contributed by atoms with E-state index in [9.17, 15) is 9.90 Å². The summed E-state index contributed by atoms with van der Waals surface area (Å²) < 4.78 is 11.5. The molecule has 35 heavy (non-hydrogen) atoms. The number of carbonyl (C=O) groups is 1. The Labute approximate surface area is 207 Å². The van der Waals surface area contributed by atoms with Crippen molar-refractivity contribution < 1.29 is 19.4 Å². The van der Waals surface area contributed by atoms with Gasteiger partial charge in [-0.3, -0.25) is 4.79 Å².